The quantitative estimate of drug-likeness (QED) is 0.747. The first-order valence-electron chi connectivity index (χ1n) is 6.35. The average molecular weight is 226 g/mol. The fourth-order valence-electron chi connectivity index (χ4n) is 3.52. The van der Waals surface area contributed by atoms with E-state index >= 15 is 0 Å². The minimum Gasteiger partial charge on any atom is -0.463 e. The van der Waals surface area contributed by atoms with Crippen molar-refractivity contribution in [2.24, 2.45) is 29.6 Å². The van der Waals surface area contributed by atoms with Crippen molar-refractivity contribution in [2.75, 3.05) is 6.61 Å². The molecular weight excluding hydrogens is 204 g/mol. The van der Waals surface area contributed by atoms with E-state index < -0.39 is 6.10 Å². The molecule has 2 rings (SSSR count). The number of aliphatic hydroxyl groups is 1. The summed E-state index contributed by atoms with van der Waals surface area (Å²) in [6.45, 7) is 6.32. The van der Waals surface area contributed by atoms with Gasteiger partial charge in [-0.1, -0.05) is 13.8 Å². The van der Waals surface area contributed by atoms with Crippen molar-refractivity contribution in [1.82, 2.24) is 0 Å². The van der Waals surface area contributed by atoms with Crippen LogP contribution < -0.4 is 0 Å². The number of ether oxygens (including phenoxy) is 1. The van der Waals surface area contributed by atoms with E-state index in [1.807, 2.05) is 0 Å². The van der Waals surface area contributed by atoms with E-state index in [-0.39, 0.29) is 18.5 Å². The van der Waals surface area contributed by atoms with Crippen molar-refractivity contribution in [3.63, 3.8) is 0 Å². The number of esters is 1. The molecule has 0 radical (unpaired) electrons. The lowest BCUT2D eigenvalue weighted by molar-refractivity contribution is -0.154. The molecule has 0 aliphatic heterocycles. The van der Waals surface area contributed by atoms with Gasteiger partial charge in [-0.25, -0.2) is 0 Å². The van der Waals surface area contributed by atoms with Crippen LogP contribution in [-0.2, 0) is 9.53 Å². The lowest BCUT2D eigenvalue weighted by Gasteiger charge is -2.30. The molecule has 2 aliphatic rings. The molecular formula is C13H22O3. The van der Waals surface area contributed by atoms with Crippen molar-refractivity contribution in [3.8, 4) is 0 Å². The summed E-state index contributed by atoms with van der Waals surface area (Å²) in [6.07, 6.45) is 1.63. The Balaban J connectivity index is 1.91. The summed E-state index contributed by atoms with van der Waals surface area (Å²) in [5.41, 5.74) is 0. The molecule has 92 valence electrons. The van der Waals surface area contributed by atoms with Crippen molar-refractivity contribution in [2.45, 2.75) is 39.7 Å². The number of fused-ring (bicyclic) bond motifs is 2. The highest BCUT2D eigenvalue weighted by atomic mass is 16.5. The van der Waals surface area contributed by atoms with Crippen LogP contribution in [0.1, 0.15) is 33.6 Å². The van der Waals surface area contributed by atoms with E-state index in [1.54, 1.807) is 6.92 Å². The van der Waals surface area contributed by atoms with Gasteiger partial charge in [0.15, 0.2) is 0 Å². The first-order valence-corrected chi connectivity index (χ1v) is 6.35. The van der Waals surface area contributed by atoms with Crippen molar-refractivity contribution in [3.05, 3.63) is 0 Å². The monoisotopic (exact) mass is 226 g/mol. The summed E-state index contributed by atoms with van der Waals surface area (Å²) in [6, 6.07) is 0. The summed E-state index contributed by atoms with van der Waals surface area (Å²) in [5, 5.41) is 9.09. The largest absolute Gasteiger partial charge is 0.463 e. The summed E-state index contributed by atoms with van der Waals surface area (Å²) in [4.78, 5) is 11.9. The smallest absolute Gasteiger partial charge is 0.309 e. The van der Waals surface area contributed by atoms with Gasteiger partial charge < -0.3 is 9.84 Å². The van der Waals surface area contributed by atoms with Crippen molar-refractivity contribution < 1.29 is 14.6 Å². The predicted octanol–water partition coefficient (Wildman–Crippen LogP) is 1.84. The molecule has 0 aromatic heterocycles. The maximum atomic E-state index is 11.9. The molecule has 6 atom stereocenters. The summed E-state index contributed by atoms with van der Waals surface area (Å²) in [5.74, 6) is 2.63. The maximum absolute atomic E-state index is 11.9. The first-order chi connectivity index (χ1) is 7.50. The number of aliphatic hydroxyl groups excluding tert-OH is 1. The molecule has 0 heterocycles. The van der Waals surface area contributed by atoms with Crippen LogP contribution in [0.4, 0.5) is 0 Å². The highest BCUT2D eigenvalue weighted by molar-refractivity contribution is 5.73. The van der Waals surface area contributed by atoms with E-state index in [9.17, 15) is 4.79 Å². The molecule has 1 N–H and O–H groups in total. The number of carbonyl (C=O) groups is 1. The van der Waals surface area contributed by atoms with E-state index in [2.05, 4.69) is 13.8 Å². The zero-order valence-corrected chi connectivity index (χ0v) is 10.3. The molecule has 2 fully saturated rings. The maximum Gasteiger partial charge on any atom is 0.309 e. The Morgan fingerprint density at radius 1 is 1.38 bits per heavy atom. The minimum absolute atomic E-state index is 0.0906. The third kappa shape index (κ3) is 1.97. The molecule has 3 heteroatoms. The van der Waals surface area contributed by atoms with Gasteiger partial charge >= 0.3 is 5.97 Å². The van der Waals surface area contributed by atoms with E-state index in [0.29, 0.717) is 17.8 Å². The normalized spacial score (nSPS) is 43.4. The highest BCUT2D eigenvalue weighted by Crippen LogP contribution is 2.55. The molecule has 0 aromatic carbocycles. The average Bonchev–Trinajstić information content (AvgIpc) is 2.77. The molecule has 6 unspecified atom stereocenters. The van der Waals surface area contributed by atoms with Crippen LogP contribution in [0, 0.1) is 29.6 Å². The number of carbonyl (C=O) groups excluding carboxylic acids is 1. The Hall–Kier alpha value is -0.570. The second kappa shape index (κ2) is 4.36. The Labute approximate surface area is 97.2 Å². The summed E-state index contributed by atoms with van der Waals surface area (Å²) < 4.78 is 5.13. The van der Waals surface area contributed by atoms with Gasteiger partial charge in [-0.05, 0) is 43.4 Å². The lowest BCUT2D eigenvalue weighted by atomic mass is 9.76. The van der Waals surface area contributed by atoms with Crippen molar-refractivity contribution >= 4 is 5.97 Å². The highest BCUT2D eigenvalue weighted by Gasteiger charge is 2.51. The molecule has 16 heavy (non-hydrogen) atoms. The number of rotatable bonds is 3. The fraction of sp³-hybridized carbons (Fsp3) is 0.923. The Bertz CT molecular complexity index is 272. The Morgan fingerprint density at radius 3 is 2.56 bits per heavy atom. The van der Waals surface area contributed by atoms with E-state index in [4.69, 9.17) is 9.84 Å². The van der Waals surface area contributed by atoms with Crippen molar-refractivity contribution in [1.29, 1.82) is 0 Å². The van der Waals surface area contributed by atoms with Crippen LogP contribution in [0.25, 0.3) is 0 Å². The van der Waals surface area contributed by atoms with Gasteiger partial charge in [0.2, 0.25) is 0 Å². The molecule has 2 bridgehead atoms. The molecule has 0 amide bonds. The number of hydrogen-bond donors (Lipinski definition) is 1. The molecule has 3 nitrogen and oxygen atoms in total. The van der Waals surface area contributed by atoms with E-state index in [1.165, 1.54) is 6.42 Å². The Morgan fingerprint density at radius 2 is 2.06 bits per heavy atom. The second-order valence-corrected chi connectivity index (χ2v) is 5.70. The molecule has 0 saturated heterocycles. The summed E-state index contributed by atoms with van der Waals surface area (Å²) in [7, 11) is 0. The van der Waals surface area contributed by atoms with Crippen LogP contribution in [0.15, 0.2) is 0 Å². The third-order valence-corrected chi connectivity index (χ3v) is 4.67. The summed E-state index contributed by atoms with van der Waals surface area (Å²) >= 11 is 0. The van der Waals surface area contributed by atoms with Crippen LogP contribution >= 0.6 is 0 Å². The molecule has 2 aliphatic carbocycles. The third-order valence-electron chi connectivity index (χ3n) is 4.67. The van der Waals surface area contributed by atoms with Gasteiger partial charge in [-0.3, -0.25) is 4.79 Å². The minimum atomic E-state index is -0.557. The van der Waals surface area contributed by atoms with Crippen LogP contribution in [-0.4, -0.2) is 23.8 Å². The van der Waals surface area contributed by atoms with Crippen LogP contribution in [0.3, 0.4) is 0 Å². The fourth-order valence-corrected chi connectivity index (χ4v) is 3.52. The second-order valence-electron chi connectivity index (χ2n) is 5.70. The molecule has 0 spiro atoms. The van der Waals surface area contributed by atoms with E-state index in [0.717, 1.165) is 12.3 Å². The molecule has 0 aromatic rings. The lowest BCUT2D eigenvalue weighted by Crippen LogP contribution is -2.32. The SMILES string of the molecule is CC(O)COC(=O)C1CC2CC1C(C)C2C. The van der Waals surface area contributed by atoms with Crippen LogP contribution in [0.2, 0.25) is 0 Å². The zero-order chi connectivity index (χ0) is 11.9. The van der Waals surface area contributed by atoms with Gasteiger partial charge in [-0.2, -0.15) is 0 Å². The first kappa shape index (κ1) is 11.9. The predicted molar refractivity (Wildman–Crippen MR) is 60.7 cm³/mol. The van der Waals surface area contributed by atoms with Gasteiger partial charge in [-0.15, -0.1) is 0 Å². The van der Waals surface area contributed by atoms with Gasteiger partial charge in [0.1, 0.15) is 6.61 Å². The standard InChI is InChI=1S/C13H22O3/c1-7(14)6-16-13(15)12-5-10-4-11(12)9(3)8(10)2/h7-12,14H,4-6H2,1-3H3. The Kier molecular flexibility index (Phi) is 3.24. The van der Waals surface area contributed by atoms with Gasteiger partial charge in [0.25, 0.3) is 0 Å². The molecule has 2 saturated carbocycles. The topological polar surface area (TPSA) is 46.5 Å². The zero-order valence-electron chi connectivity index (χ0n) is 10.3. The number of hydrogen-bond acceptors (Lipinski definition) is 3. The van der Waals surface area contributed by atoms with Gasteiger partial charge in [0.05, 0.1) is 12.0 Å². The van der Waals surface area contributed by atoms with Gasteiger partial charge in [0, 0.05) is 0 Å². The van der Waals surface area contributed by atoms with Crippen LogP contribution in [0.5, 0.6) is 0 Å².